The van der Waals surface area contributed by atoms with E-state index in [0.29, 0.717) is 6.54 Å². The fraction of sp³-hybridized carbons (Fsp3) is 0.444. The van der Waals surface area contributed by atoms with Gasteiger partial charge in [0, 0.05) is 18.1 Å². The molecule has 1 unspecified atom stereocenters. The second-order valence-corrected chi connectivity index (χ2v) is 5.96. The summed E-state index contributed by atoms with van der Waals surface area (Å²) in [5.41, 5.74) is 0.772. The number of rotatable bonds is 6. The molecule has 1 N–H and O–H groups in total. The molecule has 3 rings (SSSR count). The number of likely N-dealkylation sites (tertiary alicyclic amines) is 1. The van der Waals surface area contributed by atoms with Crippen molar-refractivity contribution in [1.29, 1.82) is 0 Å². The molecule has 0 aliphatic carbocycles. The summed E-state index contributed by atoms with van der Waals surface area (Å²) in [6, 6.07) is 9.99. The molecule has 1 fully saturated rings. The molecule has 0 radical (unpaired) electrons. The number of aliphatic hydroxyl groups is 1. The van der Waals surface area contributed by atoms with Gasteiger partial charge in [-0.2, -0.15) is 0 Å². The quantitative estimate of drug-likeness (QED) is 0.657. The van der Waals surface area contributed by atoms with Crippen molar-refractivity contribution in [3.05, 3.63) is 42.2 Å². The molecule has 0 spiro atoms. The van der Waals surface area contributed by atoms with Gasteiger partial charge < -0.3 is 14.8 Å². The summed E-state index contributed by atoms with van der Waals surface area (Å²) in [4.78, 5) is 11.8. The van der Waals surface area contributed by atoms with Crippen molar-refractivity contribution in [2.24, 2.45) is 5.16 Å². The predicted octanol–water partition coefficient (Wildman–Crippen LogP) is 2.43. The fourth-order valence-electron chi connectivity index (χ4n) is 2.95. The standard InChI is InChI=1S/C18H23N3O2/c22-16(13-21-10-4-1-5-11-21)14-23-20-12-18-17-7-3-2-6-15(17)8-9-19-18/h2-3,6-9,12,16,22H,1,4-5,10-11,13-14H2. The molecule has 2 heterocycles. The lowest BCUT2D eigenvalue weighted by atomic mass is 10.1. The smallest absolute Gasteiger partial charge is 0.144 e. The third kappa shape index (κ3) is 4.50. The van der Waals surface area contributed by atoms with Crippen molar-refractivity contribution in [2.75, 3.05) is 26.2 Å². The minimum absolute atomic E-state index is 0.206. The van der Waals surface area contributed by atoms with Crippen molar-refractivity contribution in [3.63, 3.8) is 0 Å². The van der Waals surface area contributed by atoms with Gasteiger partial charge in [-0.3, -0.25) is 4.98 Å². The first kappa shape index (κ1) is 15.9. The zero-order chi connectivity index (χ0) is 15.9. The molecule has 2 aromatic rings. The van der Waals surface area contributed by atoms with Gasteiger partial charge in [0.1, 0.15) is 12.7 Å². The minimum atomic E-state index is -0.509. The minimum Gasteiger partial charge on any atom is -0.393 e. The van der Waals surface area contributed by atoms with Crippen molar-refractivity contribution in [3.8, 4) is 0 Å². The first-order valence-electron chi connectivity index (χ1n) is 8.22. The van der Waals surface area contributed by atoms with Crippen molar-refractivity contribution in [2.45, 2.75) is 25.4 Å². The summed E-state index contributed by atoms with van der Waals surface area (Å²) in [7, 11) is 0. The number of nitrogens with zero attached hydrogens (tertiary/aromatic N) is 3. The molecule has 1 aliphatic rings. The molecule has 122 valence electrons. The number of pyridine rings is 1. The molecule has 5 heteroatoms. The number of aliphatic hydroxyl groups excluding tert-OH is 1. The Bertz CT molecular complexity index is 648. The van der Waals surface area contributed by atoms with Crippen molar-refractivity contribution >= 4 is 17.0 Å². The van der Waals surface area contributed by atoms with Gasteiger partial charge in [0.25, 0.3) is 0 Å². The van der Waals surface area contributed by atoms with Crippen LogP contribution in [0, 0.1) is 0 Å². The maximum absolute atomic E-state index is 10.0. The maximum Gasteiger partial charge on any atom is 0.144 e. The Morgan fingerprint density at radius 2 is 2.04 bits per heavy atom. The van der Waals surface area contributed by atoms with E-state index < -0.39 is 6.10 Å². The second-order valence-electron chi connectivity index (χ2n) is 5.96. The van der Waals surface area contributed by atoms with Crippen LogP contribution in [0.5, 0.6) is 0 Å². The normalized spacial score (nSPS) is 17.6. The molecule has 1 atom stereocenters. The number of benzene rings is 1. The Labute approximate surface area is 136 Å². The van der Waals surface area contributed by atoms with Crippen LogP contribution in [0.15, 0.2) is 41.7 Å². The molecular weight excluding hydrogens is 290 g/mol. The first-order chi connectivity index (χ1) is 11.3. The van der Waals surface area contributed by atoms with Crippen LogP contribution in [0.2, 0.25) is 0 Å². The Hall–Kier alpha value is -1.98. The fourth-order valence-corrected chi connectivity index (χ4v) is 2.95. The summed E-state index contributed by atoms with van der Waals surface area (Å²) in [6.45, 7) is 3.00. The van der Waals surface area contributed by atoms with E-state index in [1.165, 1.54) is 19.3 Å². The Morgan fingerprint density at radius 3 is 2.91 bits per heavy atom. The van der Waals surface area contributed by atoms with Crippen LogP contribution in [-0.2, 0) is 4.84 Å². The van der Waals surface area contributed by atoms with E-state index in [2.05, 4.69) is 15.0 Å². The highest BCUT2D eigenvalue weighted by Crippen LogP contribution is 2.14. The molecule has 5 nitrogen and oxygen atoms in total. The molecule has 1 aromatic carbocycles. The molecular formula is C18H23N3O2. The van der Waals surface area contributed by atoms with Gasteiger partial charge in [-0.15, -0.1) is 0 Å². The summed E-state index contributed by atoms with van der Waals surface area (Å²) in [5.74, 6) is 0. The van der Waals surface area contributed by atoms with Crippen LogP contribution in [0.25, 0.3) is 10.8 Å². The first-order valence-corrected chi connectivity index (χ1v) is 8.22. The van der Waals surface area contributed by atoms with E-state index in [1.807, 2.05) is 30.3 Å². The monoisotopic (exact) mass is 313 g/mol. The second kappa shape index (κ2) is 8.04. The van der Waals surface area contributed by atoms with Crippen molar-refractivity contribution in [1.82, 2.24) is 9.88 Å². The SMILES string of the molecule is OC(CON=Cc1nccc2ccccc12)CN1CCCCC1. The highest BCUT2D eigenvalue weighted by atomic mass is 16.6. The lowest BCUT2D eigenvalue weighted by Gasteiger charge is -2.27. The van der Waals surface area contributed by atoms with E-state index in [4.69, 9.17) is 4.84 Å². The van der Waals surface area contributed by atoms with E-state index >= 15 is 0 Å². The third-order valence-corrected chi connectivity index (χ3v) is 4.14. The Morgan fingerprint density at radius 1 is 1.22 bits per heavy atom. The summed E-state index contributed by atoms with van der Waals surface area (Å²) in [5, 5.41) is 16.1. The van der Waals surface area contributed by atoms with E-state index in [-0.39, 0.29) is 6.61 Å². The van der Waals surface area contributed by atoms with Crippen LogP contribution in [-0.4, -0.2) is 53.6 Å². The highest BCUT2D eigenvalue weighted by molar-refractivity contribution is 5.97. The van der Waals surface area contributed by atoms with Gasteiger partial charge in [0.15, 0.2) is 0 Å². The molecule has 0 bridgehead atoms. The lowest BCUT2D eigenvalue weighted by molar-refractivity contribution is 0.0163. The number of aromatic nitrogens is 1. The lowest BCUT2D eigenvalue weighted by Crippen LogP contribution is -2.37. The Kier molecular flexibility index (Phi) is 5.56. The van der Waals surface area contributed by atoms with Gasteiger partial charge in [-0.25, -0.2) is 0 Å². The zero-order valence-corrected chi connectivity index (χ0v) is 13.3. The molecule has 1 saturated heterocycles. The highest BCUT2D eigenvalue weighted by Gasteiger charge is 2.14. The van der Waals surface area contributed by atoms with Gasteiger partial charge in [-0.05, 0) is 37.4 Å². The largest absolute Gasteiger partial charge is 0.393 e. The number of piperidine rings is 1. The summed E-state index contributed by atoms with van der Waals surface area (Å²) in [6.07, 6.45) is 6.60. The van der Waals surface area contributed by atoms with Gasteiger partial charge in [-0.1, -0.05) is 35.8 Å². The van der Waals surface area contributed by atoms with Crippen LogP contribution < -0.4 is 0 Å². The number of fused-ring (bicyclic) bond motifs is 1. The van der Waals surface area contributed by atoms with Crippen LogP contribution >= 0.6 is 0 Å². The average Bonchev–Trinajstić information content (AvgIpc) is 2.60. The molecule has 1 aromatic heterocycles. The number of hydrogen-bond acceptors (Lipinski definition) is 5. The van der Waals surface area contributed by atoms with Gasteiger partial charge in [0.05, 0.1) is 11.9 Å². The number of oxime groups is 1. The average molecular weight is 313 g/mol. The molecule has 23 heavy (non-hydrogen) atoms. The maximum atomic E-state index is 10.0. The molecule has 0 amide bonds. The summed E-state index contributed by atoms with van der Waals surface area (Å²) >= 11 is 0. The van der Waals surface area contributed by atoms with E-state index in [9.17, 15) is 5.11 Å². The number of β-amino-alcohol motifs (C(OH)–C–C–N with tert-alkyl or cyclic N) is 1. The topological polar surface area (TPSA) is 58.0 Å². The van der Waals surface area contributed by atoms with Crippen LogP contribution in [0.4, 0.5) is 0 Å². The van der Waals surface area contributed by atoms with Crippen molar-refractivity contribution < 1.29 is 9.94 Å². The summed E-state index contributed by atoms with van der Waals surface area (Å²) < 4.78 is 0. The predicted molar refractivity (Wildman–Crippen MR) is 91.6 cm³/mol. The molecule has 1 aliphatic heterocycles. The number of hydrogen-bond donors (Lipinski definition) is 1. The molecule has 0 saturated carbocycles. The third-order valence-electron chi connectivity index (χ3n) is 4.14. The van der Waals surface area contributed by atoms with E-state index in [1.54, 1.807) is 12.4 Å². The van der Waals surface area contributed by atoms with Gasteiger partial charge in [0.2, 0.25) is 0 Å². The zero-order valence-electron chi connectivity index (χ0n) is 13.3. The Balaban J connectivity index is 1.50. The van der Waals surface area contributed by atoms with Crippen LogP contribution in [0.1, 0.15) is 25.0 Å². The van der Waals surface area contributed by atoms with Gasteiger partial charge >= 0.3 is 0 Å². The van der Waals surface area contributed by atoms with Crippen LogP contribution in [0.3, 0.4) is 0 Å². The van der Waals surface area contributed by atoms with E-state index in [0.717, 1.165) is 29.6 Å².